The molecule has 0 aliphatic carbocycles. The van der Waals surface area contributed by atoms with Gasteiger partial charge < -0.3 is 24.8 Å². The Bertz CT molecular complexity index is 582. The van der Waals surface area contributed by atoms with Crippen LogP contribution >= 0.6 is 11.8 Å². The molecule has 0 radical (unpaired) electrons. The van der Waals surface area contributed by atoms with E-state index in [2.05, 4.69) is 0 Å². The number of aryl methyl sites for hydroxylation is 1. The minimum Gasteiger partial charge on any atom is -0.462 e. The highest BCUT2D eigenvalue weighted by Gasteiger charge is 2.44. The van der Waals surface area contributed by atoms with Gasteiger partial charge in [0.15, 0.2) is 0 Å². The molecule has 3 N–H and O–H groups in total. The van der Waals surface area contributed by atoms with Gasteiger partial charge in [0.2, 0.25) is 0 Å². The van der Waals surface area contributed by atoms with Crippen molar-refractivity contribution in [3.63, 3.8) is 0 Å². The highest BCUT2D eigenvalue weighted by Crippen LogP contribution is 2.33. The number of rotatable bonds is 4. The van der Waals surface area contributed by atoms with E-state index in [1.807, 2.05) is 31.2 Å². The van der Waals surface area contributed by atoms with Crippen LogP contribution in [0.2, 0.25) is 0 Å². The summed E-state index contributed by atoms with van der Waals surface area (Å²) >= 11 is 1.25. The zero-order valence-corrected chi connectivity index (χ0v) is 15.7. The van der Waals surface area contributed by atoms with E-state index in [1.165, 1.54) is 11.8 Å². The summed E-state index contributed by atoms with van der Waals surface area (Å²) in [4.78, 5) is 12.8. The molecule has 0 aromatic heterocycles. The molecule has 1 aliphatic heterocycles. The Balaban J connectivity index is 2.03. The lowest BCUT2D eigenvalue weighted by atomic mass is 9.97. The second-order valence-electron chi connectivity index (χ2n) is 7.29. The average molecular weight is 370 g/mol. The van der Waals surface area contributed by atoms with Crippen LogP contribution < -0.4 is 0 Å². The number of ether oxygens (including phenoxy) is 2. The smallest absolute Gasteiger partial charge is 0.311 e. The highest BCUT2D eigenvalue weighted by atomic mass is 32.2. The molecule has 0 bridgehead atoms. The van der Waals surface area contributed by atoms with Gasteiger partial charge in [0.1, 0.15) is 36.5 Å². The van der Waals surface area contributed by atoms with Crippen molar-refractivity contribution < 1.29 is 29.6 Å². The van der Waals surface area contributed by atoms with Crippen LogP contribution in [0, 0.1) is 12.3 Å². The summed E-state index contributed by atoms with van der Waals surface area (Å²) in [5.41, 5.74) is -0.343. The number of hydrogen-bond donors (Lipinski definition) is 3. The number of carbonyl (C=O) groups excluding carboxylic acids is 1. The molecular weight excluding hydrogens is 344 g/mol. The fourth-order valence-electron chi connectivity index (χ4n) is 2.28. The predicted octanol–water partition coefficient (Wildman–Crippen LogP) is 1.48. The van der Waals surface area contributed by atoms with Crippen molar-refractivity contribution in [2.24, 2.45) is 5.41 Å². The maximum absolute atomic E-state index is 11.9. The molecule has 1 fully saturated rings. The molecule has 1 aliphatic rings. The standard InChI is InChI=1S/C18H26O6S/c1-10-5-7-11(8-6-10)25-16-15(21)14(20)13(19)12(24-16)9-23-17(22)18(2,3)4/h5-8,12-16,19-21H,9H2,1-4H3/t12-,13+,14+,15-,16+/m1/s1. The van der Waals surface area contributed by atoms with Gasteiger partial charge in [-0.15, -0.1) is 0 Å². The van der Waals surface area contributed by atoms with Gasteiger partial charge in [-0.2, -0.15) is 0 Å². The second-order valence-corrected chi connectivity index (χ2v) is 8.47. The summed E-state index contributed by atoms with van der Waals surface area (Å²) in [5, 5.41) is 30.4. The third-order valence-electron chi connectivity index (χ3n) is 3.93. The van der Waals surface area contributed by atoms with E-state index in [4.69, 9.17) is 9.47 Å². The van der Waals surface area contributed by atoms with E-state index < -0.39 is 41.2 Å². The monoisotopic (exact) mass is 370 g/mol. The number of aliphatic hydroxyl groups excluding tert-OH is 3. The van der Waals surface area contributed by atoms with Gasteiger partial charge in [0, 0.05) is 4.90 Å². The summed E-state index contributed by atoms with van der Waals surface area (Å²) in [6.45, 7) is 6.96. The van der Waals surface area contributed by atoms with Gasteiger partial charge in [0.25, 0.3) is 0 Å². The lowest BCUT2D eigenvalue weighted by Gasteiger charge is -2.40. The van der Waals surface area contributed by atoms with Gasteiger partial charge in [-0.1, -0.05) is 29.5 Å². The van der Waals surface area contributed by atoms with E-state index in [0.29, 0.717) is 0 Å². The Hall–Kier alpha value is -1.12. The highest BCUT2D eigenvalue weighted by molar-refractivity contribution is 7.99. The molecule has 5 atom stereocenters. The van der Waals surface area contributed by atoms with Gasteiger partial charge >= 0.3 is 5.97 Å². The number of carbonyl (C=O) groups is 1. The molecule has 7 heteroatoms. The second kappa shape index (κ2) is 8.05. The largest absolute Gasteiger partial charge is 0.462 e. The molecule has 6 nitrogen and oxygen atoms in total. The third kappa shape index (κ3) is 5.18. The Morgan fingerprint density at radius 3 is 2.28 bits per heavy atom. The molecule has 0 saturated carbocycles. The van der Waals surface area contributed by atoms with Crippen molar-refractivity contribution in [1.82, 2.24) is 0 Å². The van der Waals surface area contributed by atoms with E-state index in [-0.39, 0.29) is 6.61 Å². The molecule has 1 saturated heterocycles. The van der Waals surface area contributed by atoms with Crippen LogP contribution in [0.1, 0.15) is 26.3 Å². The normalized spacial score (nSPS) is 30.1. The molecule has 25 heavy (non-hydrogen) atoms. The van der Waals surface area contributed by atoms with Crippen LogP contribution in [0.25, 0.3) is 0 Å². The van der Waals surface area contributed by atoms with Gasteiger partial charge in [-0.05, 0) is 39.8 Å². The Morgan fingerprint density at radius 2 is 1.72 bits per heavy atom. The molecule has 1 heterocycles. The van der Waals surface area contributed by atoms with Crippen LogP contribution in [-0.4, -0.2) is 57.7 Å². The molecule has 1 aromatic carbocycles. The van der Waals surface area contributed by atoms with Gasteiger partial charge in [0.05, 0.1) is 5.41 Å². The summed E-state index contributed by atoms with van der Waals surface area (Å²) in [7, 11) is 0. The number of thioether (sulfide) groups is 1. The van der Waals surface area contributed by atoms with Crippen molar-refractivity contribution in [2.45, 2.75) is 62.4 Å². The lowest BCUT2D eigenvalue weighted by Crippen LogP contribution is -2.57. The maximum Gasteiger partial charge on any atom is 0.311 e. The number of hydrogen-bond acceptors (Lipinski definition) is 7. The minimum absolute atomic E-state index is 0.188. The van der Waals surface area contributed by atoms with E-state index in [9.17, 15) is 20.1 Å². The molecule has 1 aromatic rings. The van der Waals surface area contributed by atoms with Crippen LogP contribution in [0.4, 0.5) is 0 Å². The first kappa shape index (κ1) is 20.2. The first-order valence-corrected chi connectivity index (χ1v) is 9.08. The zero-order chi connectivity index (χ0) is 18.8. The van der Waals surface area contributed by atoms with Crippen LogP contribution in [0.3, 0.4) is 0 Å². The topological polar surface area (TPSA) is 96.2 Å². The molecular formula is C18H26O6S. The number of benzene rings is 1. The van der Waals surface area contributed by atoms with Crippen molar-refractivity contribution in [3.8, 4) is 0 Å². The van der Waals surface area contributed by atoms with Crippen LogP contribution in [0.15, 0.2) is 29.2 Å². The molecule has 0 unspecified atom stereocenters. The maximum atomic E-state index is 11.9. The third-order valence-corrected chi connectivity index (χ3v) is 5.10. The summed E-state index contributed by atoms with van der Waals surface area (Å²) in [5.74, 6) is -0.424. The molecule has 2 rings (SSSR count). The van der Waals surface area contributed by atoms with Gasteiger partial charge in [-0.25, -0.2) is 0 Å². The van der Waals surface area contributed by atoms with Crippen molar-refractivity contribution in [2.75, 3.05) is 6.61 Å². The fourth-order valence-corrected chi connectivity index (χ4v) is 3.34. The van der Waals surface area contributed by atoms with Crippen molar-refractivity contribution >= 4 is 17.7 Å². The van der Waals surface area contributed by atoms with Crippen LogP contribution in [-0.2, 0) is 14.3 Å². The van der Waals surface area contributed by atoms with E-state index in [1.54, 1.807) is 20.8 Å². The van der Waals surface area contributed by atoms with Crippen molar-refractivity contribution in [3.05, 3.63) is 29.8 Å². The van der Waals surface area contributed by atoms with Gasteiger partial charge in [-0.3, -0.25) is 4.79 Å². The summed E-state index contributed by atoms with van der Waals surface area (Å²) in [6, 6.07) is 7.65. The molecule has 0 amide bonds. The number of aliphatic hydroxyl groups is 3. The van der Waals surface area contributed by atoms with Crippen LogP contribution in [0.5, 0.6) is 0 Å². The van der Waals surface area contributed by atoms with E-state index in [0.717, 1.165) is 10.5 Å². The Labute approximate surface area is 152 Å². The zero-order valence-electron chi connectivity index (χ0n) is 14.9. The Morgan fingerprint density at radius 1 is 1.12 bits per heavy atom. The number of esters is 1. The first-order chi connectivity index (χ1) is 11.6. The quantitative estimate of drug-likeness (QED) is 0.691. The average Bonchev–Trinajstić information content (AvgIpc) is 2.55. The SMILES string of the molecule is Cc1ccc(S[C@@H]2O[C@H](COC(=O)C(C)(C)C)[C@H](O)[C@H](O)[C@H]2O)cc1. The fraction of sp³-hybridized carbons (Fsp3) is 0.611. The first-order valence-electron chi connectivity index (χ1n) is 8.20. The lowest BCUT2D eigenvalue weighted by molar-refractivity contribution is -0.212. The van der Waals surface area contributed by atoms with Crippen molar-refractivity contribution in [1.29, 1.82) is 0 Å². The molecule has 0 spiro atoms. The summed E-state index contributed by atoms with van der Waals surface area (Å²) in [6.07, 6.45) is -4.88. The minimum atomic E-state index is -1.38. The molecule has 140 valence electrons. The Kier molecular flexibility index (Phi) is 6.51. The van der Waals surface area contributed by atoms with E-state index >= 15 is 0 Å². The predicted molar refractivity (Wildman–Crippen MR) is 94.1 cm³/mol. The summed E-state index contributed by atoms with van der Waals surface area (Å²) < 4.78 is 10.9.